The Morgan fingerprint density at radius 1 is 1.14 bits per heavy atom. The van der Waals surface area contributed by atoms with E-state index in [2.05, 4.69) is 5.32 Å². The summed E-state index contributed by atoms with van der Waals surface area (Å²) in [6.45, 7) is 3.63. The zero-order chi connectivity index (χ0) is 15.6. The predicted octanol–water partition coefficient (Wildman–Crippen LogP) is 0.940. The van der Waals surface area contributed by atoms with Crippen molar-refractivity contribution in [3.8, 4) is 5.69 Å². The van der Waals surface area contributed by atoms with Crippen molar-refractivity contribution in [1.82, 2.24) is 14.5 Å². The summed E-state index contributed by atoms with van der Waals surface area (Å²) in [5.41, 5.74) is -0.710. The van der Waals surface area contributed by atoms with E-state index in [1.807, 2.05) is 13.8 Å². The van der Waals surface area contributed by atoms with E-state index in [4.69, 9.17) is 0 Å². The van der Waals surface area contributed by atoms with E-state index in [0.717, 1.165) is 4.57 Å². The van der Waals surface area contributed by atoms with E-state index >= 15 is 0 Å². The van der Waals surface area contributed by atoms with Crippen molar-refractivity contribution in [2.75, 3.05) is 7.05 Å². The van der Waals surface area contributed by atoms with E-state index in [-0.39, 0.29) is 11.6 Å². The van der Waals surface area contributed by atoms with Crippen LogP contribution in [0.3, 0.4) is 0 Å². The van der Waals surface area contributed by atoms with Crippen LogP contribution in [0.25, 0.3) is 5.69 Å². The Morgan fingerprint density at radius 2 is 1.76 bits per heavy atom. The highest BCUT2D eigenvalue weighted by Crippen LogP contribution is 2.05. The van der Waals surface area contributed by atoms with Gasteiger partial charge in [0.1, 0.15) is 5.56 Å². The van der Waals surface area contributed by atoms with Gasteiger partial charge in [0.2, 0.25) is 0 Å². The number of carbonyl (C=O) groups is 1. The number of para-hydroxylation sites is 1. The summed E-state index contributed by atoms with van der Waals surface area (Å²) >= 11 is 0. The molecule has 1 aromatic heterocycles. The molecule has 2 rings (SSSR count). The average Bonchev–Trinajstić information content (AvgIpc) is 2.47. The second-order valence-electron chi connectivity index (χ2n) is 4.88. The highest BCUT2D eigenvalue weighted by Gasteiger charge is 2.18. The Morgan fingerprint density at radius 3 is 2.29 bits per heavy atom. The first-order chi connectivity index (χ1) is 9.97. The van der Waals surface area contributed by atoms with Gasteiger partial charge in [-0.2, -0.15) is 0 Å². The summed E-state index contributed by atoms with van der Waals surface area (Å²) in [6.07, 6.45) is 1.31. The van der Waals surface area contributed by atoms with Crippen LogP contribution in [0, 0.1) is 0 Å². The van der Waals surface area contributed by atoms with Gasteiger partial charge in [-0.3, -0.25) is 14.2 Å². The van der Waals surface area contributed by atoms with Gasteiger partial charge in [-0.1, -0.05) is 18.2 Å². The molecule has 110 valence electrons. The Kier molecular flexibility index (Phi) is 4.07. The standard InChI is InChI=1S/C15H17N3O3/c1-10(2)17-9-12(13(19)16-3)14(20)18(15(17)21)11-7-5-4-6-8-11/h4-10H,1-3H3,(H,16,19). The SMILES string of the molecule is CNC(=O)c1cn(C(C)C)c(=O)n(-c2ccccc2)c1=O. The normalized spacial score (nSPS) is 10.7. The van der Waals surface area contributed by atoms with Crippen molar-refractivity contribution >= 4 is 5.91 Å². The van der Waals surface area contributed by atoms with Crippen LogP contribution in [-0.4, -0.2) is 22.1 Å². The molecule has 6 heteroatoms. The van der Waals surface area contributed by atoms with Gasteiger partial charge in [-0.15, -0.1) is 0 Å². The zero-order valence-electron chi connectivity index (χ0n) is 12.2. The number of amides is 1. The minimum Gasteiger partial charge on any atom is -0.355 e. The summed E-state index contributed by atoms with van der Waals surface area (Å²) in [5, 5.41) is 2.42. The summed E-state index contributed by atoms with van der Waals surface area (Å²) in [6, 6.07) is 8.39. The molecule has 0 unspecified atom stereocenters. The van der Waals surface area contributed by atoms with Gasteiger partial charge in [0.05, 0.1) is 5.69 Å². The number of hydrogen-bond acceptors (Lipinski definition) is 3. The van der Waals surface area contributed by atoms with Crippen molar-refractivity contribution in [2.24, 2.45) is 0 Å². The molecule has 0 saturated heterocycles. The molecule has 1 amide bonds. The largest absolute Gasteiger partial charge is 0.355 e. The molecule has 1 aromatic carbocycles. The lowest BCUT2D eigenvalue weighted by Gasteiger charge is -2.15. The van der Waals surface area contributed by atoms with Crippen molar-refractivity contribution in [1.29, 1.82) is 0 Å². The van der Waals surface area contributed by atoms with Crippen LogP contribution in [0.2, 0.25) is 0 Å². The van der Waals surface area contributed by atoms with Gasteiger partial charge in [0, 0.05) is 19.3 Å². The van der Waals surface area contributed by atoms with Crippen molar-refractivity contribution in [3.05, 3.63) is 62.9 Å². The number of benzene rings is 1. The third-order valence-electron chi connectivity index (χ3n) is 3.16. The van der Waals surface area contributed by atoms with Gasteiger partial charge in [-0.25, -0.2) is 9.36 Å². The Balaban J connectivity index is 2.86. The second-order valence-corrected chi connectivity index (χ2v) is 4.88. The van der Waals surface area contributed by atoms with Gasteiger partial charge in [0.15, 0.2) is 0 Å². The lowest BCUT2D eigenvalue weighted by atomic mass is 10.2. The number of hydrogen-bond donors (Lipinski definition) is 1. The predicted molar refractivity (Wildman–Crippen MR) is 80.1 cm³/mol. The van der Waals surface area contributed by atoms with Crippen LogP contribution in [0.5, 0.6) is 0 Å². The van der Waals surface area contributed by atoms with Crippen molar-refractivity contribution in [3.63, 3.8) is 0 Å². The quantitative estimate of drug-likeness (QED) is 0.913. The molecule has 1 heterocycles. The molecule has 0 radical (unpaired) electrons. The summed E-state index contributed by atoms with van der Waals surface area (Å²) in [5.74, 6) is -0.515. The molecular weight excluding hydrogens is 270 g/mol. The first-order valence-electron chi connectivity index (χ1n) is 6.63. The maximum Gasteiger partial charge on any atom is 0.335 e. The molecule has 6 nitrogen and oxygen atoms in total. The molecule has 0 aliphatic carbocycles. The van der Waals surface area contributed by atoms with Crippen LogP contribution in [0.15, 0.2) is 46.1 Å². The monoisotopic (exact) mass is 287 g/mol. The Bertz CT molecular complexity index is 773. The molecule has 0 spiro atoms. The molecule has 1 N–H and O–H groups in total. The molecule has 21 heavy (non-hydrogen) atoms. The van der Waals surface area contributed by atoms with Gasteiger partial charge in [0.25, 0.3) is 11.5 Å². The topological polar surface area (TPSA) is 73.1 Å². The highest BCUT2D eigenvalue weighted by atomic mass is 16.2. The first-order valence-corrected chi connectivity index (χ1v) is 6.63. The van der Waals surface area contributed by atoms with Crippen molar-refractivity contribution < 1.29 is 4.79 Å². The molecule has 0 aliphatic rings. The molecule has 0 atom stereocenters. The fourth-order valence-electron chi connectivity index (χ4n) is 2.04. The Hall–Kier alpha value is -2.63. The highest BCUT2D eigenvalue weighted by molar-refractivity contribution is 5.93. The molecular formula is C15H17N3O3. The fraction of sp³-hybridized carbons (Fsp3) is 0.267. The summed E-state index contributed by atoms with van der Waals surface area (Å²) in [4.78, 5) is 36.8. The average molecular weight is 287 g/mol. The number of rotatable bonds is 3. The zero-order valence-corrected chi connectivity index (χ0v) is 12.2. The molecule has 0 aliphatic heterocycles. The molecule has 2 aromatic rings. The van der Waals surface area contributed by atoms with E-state index in [1.54, 1.807) is 30.3 Å². The fourth-order valence-corrected chi connectivity index (χ4v) is 2.04. The molecule has 0 bridgehead atoms. The maximum atomic E-state index is 12.5. The van der Waals surface area contributed by atoms with Gasteiger partial charge >= 0.3 is 5.69 Å². The smallest absolute Gasteiger partial charge is 0.335 e. The maximum absolute atomic E-state index is 12.5. The number of nitrogens with zero attached hydrogens (tertiary/aromatic N) is 2. The van der Waals surface area contributed by atoms with E-state index in [9.17, 15) is 14.4 Å². The van der Waals surface area contributed by atoms with Crippen LogP contribution in [0.4, 0.5) is 0 Å². The van der Waals surface area contributed by atoms with Gasteiger partial charge < -0.3 is 5.32 Å². The third-order valence-corrected chi connectivity index (χ3v) is 3.16. The summed E-state index contributed by atoms with van der Waals surface area (Å²) < 4.78 is 2.39. The van der Waals surface area contributed by atoms with Crippen LogP contribution in [-0.2, 0) is 0 Å². The lowest BCUT2D eigenvalue weighted by Crippen LogP contribution is -2.43. The molecule has 0 fully saturated rings. The van der Waals surface area contributed by atoms with Crippen LogP contribution < -0.4 is 16.6 Å². The van der Waals surface area contributed by atoms with E-state index in [0.29, 0.717) is 5.69 Å². The van der Waals surface area contributed by atoms with E-state index < -0.39 is 17.2 Å². The Labute approximate surface area is 121 Å². The number of aromatic nitrogens is 2. The summed E-state index contributed by atoms with van der Waals surface area (Å²) in [7, 11) is 1.44. The van der Waals surface area contributed by atoms with Crippen molar-refractivity contribution in [2.45, 2.75) is 19.9 Å². The minimum absolute atomic E-state index is 0.0605. The van der Waals surface area contributed by atoms with E-state index in [1.165, 1.54) is 17.8 Å². The van der Waals surface area contributed by atoms with Gasteiger partial charge in [-0.05, 0) is 26.0 Å². The number of nitrogens with one attached hydrogen (secondary N) is 1. The van der Waals surface area contributed by atoms with Crippen LogP contribution in [0.1, 0.15) is 30.2 Å². The van der Waals surface area contributed by atoms with Crippen LogP contribution >= 0.6 is 0 Å². The third kappa shape index (κ3) is 2.65. The first kappa shape index (κ1) is 14.8. The lowest BCUT2D eigenvalue weighted by molar-refractivity contribution is 0.0960. The number of carbonyl (C=O) groups excluding carboxylic acids is 1. The second kappa shape index (κ2) is 5.78. The molecule has 0 saturated carbocycles. The minimum atomic E-state index is -0.623.